The predicted octanol–water partition coefficient (Wildman–Crippen LogP) is 2.21. The third-order valence-electron chi connectivity index (χ3n) is 2.97. The Hall–Kier alpha value is -1.36. The van der Waals surface area contributed by atoms with E-state index in [1.165, 1.54) is 12.8 Å². The van der Waals surface area contributed by atoms with Crippen molar-refractivity contribution in [2.75, 3.05) is 5.43 Å². The van der Waals surface area contributed by atoms with Crippen LogP contribution in [0.1, 0.15) is 51.3 Å². The van der Waals surface area contributed by atoms with Gasteiger partial charge in [-0.3, -0.25) is 0 Å². The maximum atomic E-state index is 5.86. The van der Waals surface area contributed by atoms with Gasteiger partial charge in [0, 0.05) is 12.0 Å². The second-order valence-corrected chi connectivity index (χ2v) is 4.77. The van der Waals surface area contributed by atoms with Gasteiger partial charge in [0.25, 0.3) is 0 Å². The smallest absolute Gasteiger partial charge is 0.219 e. The molecule has 94 valence electrons. The number of aromatic nitrogens is 2. The molecule has 1 aliphatic carbocycles. The zero-order valence-electron chi connectivity index (χ0n) is 10.4. The Morgan fingerprint density at radius 1 is 1.35 bits per heavy atom. The third-order valence-corrected chi connectivity index (χ3v) is 2.97. The summed E-state index contributed by atoms with van der Waals surface area (Å²) in [5.41, 5.74) is 2.56. The topological polar surface area (TPSA) is 73.1 Å². The highest BCUT2D eigenvalue weighted by atomic mass is 16.5. The van der Waals surface area contributed by atoms with Gasteiger partial charge in [-0.25, -0.2) is 10.8 Å². The second-order valence-electron chi connectivity index (χ2n) is 4.77. The zero-order valence-corrected chi connectivity index (χ0v) is 10.4. The Morgan fingerprint density at radius 2 is 2.06 bits per heavy atom. The molecule has 5 heteroatoms. The molecular weight excluding hydrogens is 216 g/mol. The van der Waals surface area contributed by atoms with Gasteiger partial charge in [0.05, 0.1) is 0 Å². The average Bonchev–Trinajstić information content (AvgIpc) is 2.81. The van der Waals surface area contributed by atoms with E-state index in [9.17, 15) is 0 Å². The van der Waals surface area contributed by atoms with Crippen LogP contribution in [0.4, 0.5) is 5.82 Å². The van der Waals surface area contributed by atoms with E-state index in [0.29, 0.717) is 17.8 Å². The molecule has 0 unspecified atom stereocenters. The summed E-state index contributed by atoms with van der Waals surface area (Å²) >= 11 is 0. The van der Waals surface area contributed by atoms with Crippen molar-refractivity contribution in [3.63, 3.8) is 0 Å². The summed E-state index contributed by atoms with van der Waals surface area (Å²) in [7, 11) is 0. The van der Waals surface area contributed by atoms with Gasteiger partial charge in [-0.1, -0.05) is 13.8 Å². The molecule has 1 aromatic heterocycles. The maximum Gasteiger partial charge on any atom is 0.219 e. The van der Waals surface area contributed by atoms with Crippen molar-refractivity contribution < 1.29 is 4.74 Å². The van der Waals surface area contributed by atoms with Crippen LogP contribution in [0, 0.1) is 0 Å². The molecular formula is C12H20N4O. The number of nitrogens with one attached hydrogen (secondary N) is 1. The molecule has 1 heterocycles. The van der Waals surface area contributed by atoms with Gasteiger partial charge in [-0.05, 0) is 25.7 Å². The molecule has 17 heavy (non-hydrogen) atoms. The van der Waals surface area contributed by atoms with E-state index in [1.807, 2.05) is 0 Å². The van der Waals surface area contributed by atoms with Crippen molar-refractivity contribution in [3.05, 3.63) is 11.9 Å². The lowest BCUT2D eigenvalue weighted by molar-refractivity contribution is 0.200. The lowest BCUT2D eigenvalue weighted by atomic mass is 10.2. The molecule has 0 spiro atoms. The number of nitrogens with two attached hydrogens (primary N) is 1. The molecule has 0 aromatic carbocycles. The number of rotatable bonds is 4. The normalized spacial score (nSPS) is 16.5. The Balaban J connectivity index is 2.16. The number of hydrazine groups is 1. The standard InChI is InChI=1S/C12H20N4O/c1-8(2)12-14-10(16-13)7-11(15-12)17-9-5-3-4-6-9/h7-9H,3-6,13H2,1-2H3,(H,14,15,16). The quantitative estimate of drug-likeness (QED) is 0.619. The van der Waals surface area contributed by atoms with Crippen LogP contribution in [-0.4, -0.2) is 16.1 Å². The first-order chi connectivity index (χ1) is 8.19. The van der Waals surface area contributed by atoms with Gasteiger partial charge in [-0.15, -0.1) is 0 Å². The molecule has 2 rings (SSSR count). The average molecular weight is 236 g/mol. The van der Waals surface area contributed by atoms with E-state index in [4.69, 9.17) is 10.6 Å². The number of anilines is 1. The summed E-state index contributed by atoms with van der Waals surface area (Å²) in [6.07, 6.45) is 5.03. The van der Waals surface area contributed by atoms with E-state index in [1.54, 1.807) is 6.07 Å². The highest BCUT2D eigenvalue weighted by Crippen LogP contribution is 2.25. The summed E-state index contributed by atoms with van der Waals surface area (Å²) in [5.74, 6) is 7.65. The van der Waals surface area contributed by atoms with Gasteiger partial charge < -0.3 is 10.2 Å². The number of hydrogen-bond donors (Lipinski definition) is 2. The van der Waals surface area contributed by atoms with Crippen molar-refractivity contribution in [1.82, 2.24) is 9.97 Å². The number of nitrogens with zero attached hydrogens (tertiary/aromatic N) is 2. The van der Waals surface area contributed by atoms with Crippen molar-refractivity contribution in [2.45, 2.75) is 51.6 Å². The predicted molar refractivity (Wildman–Crippen MR) is 66.8 cm³/mol. The molecule has 1 aromatic rings. The maximum absolute atomic E-state index is 5.86. The summed E-state index contributed by atoms with van der Waals surface area (Å²) in [5, 5.41) is 0. The largest absolute Gasteiger partial charge is 0.474 e. The lowest BCUT2D eigenvalue weighted by Gasteiger charge is -2.14. The van der Waals surface area contributed by atoms with Crippen molar-refractivity contribution >= 4 is 5.82 Å². The SMILES string of the molecule is CC(C)c1nc(NN)cc(OC2CCCC2)n1. The first-order valence-electron chi connectivity index (χ1n) is 6.21. The molecule has 1 saturated carbocycles. The monoisotopic (exact) mass is 236 g/mol. The molecule has 1 fully saturated rings. The summed E-state index contributed by atoms with van der Waals surface area (Å²) < 4.78 is 5.86. The number of nitrogen functional groups attached to an aromatic ring is 1. The Labute approximate surface area is 102 Å². The zero-order chi connectivity index (χ0) is 12.3. The van der Waals surface area contributed by atoms with Crippen molar-refractivity contribution in [3.8, 4) is 5.88 Å². The minimum atomic E-state index is 0.259. The van der Waals surface area contributed by atoms with Gasteiger partial charge in [0.1, 0.15) is 17.7 Å². The van der Waals surface area contributed by atoms with Crippen LogP contribution < -0.4 is 16.0 Å². The molecule has 0 amide bonds. The molecule has 0 atom stereocenters. The first kappa shape index (κ1) is 12.1. The number of ether oxygens (including phenoxy) is 1. The number of hydrogen-bond acceptors (Lipinski definition) is 5. The van der Waals surface area contributed by atoms with E-state index in [0.717, 1.165) is 18.7 Å². The molecule has 3 N–H and O–H groups in total. The summed E-state index contributed by atoms with van der Waals surface area (Å²) in [4.78, 5) is 8.71. The fourth-order valence-electron chi connectivity index (χ4n) is 2.01. The molecule has 0 saturated heterocycles. The molecule has 5 nitrogen and oxygen atoms in total. The minimum Gasteiger partial charge on any atom is -0.474 e. The van der Waals surface area contributed by atoms with Crippen LogP contribution in [0.5, 0.6) is 5.88 Å². The Morgan fingerprint density at radius 3 is 2.65 bits per heavy atom. The Kier molecular flexibility index (Phi) is 3.78. The van der Waals surface area contributed by atoms with Crippen molar-refractivity contribution in [1.29, 1.82) is 0 Å². The summed E-state index contributed by atoms with van der Waals surface area (Å²) in [6, 6.07) is 1.75. The molecule has 0 radical (unpaired) electrons. The molecule has 1 aliphatic rings. The van der Waals surface area contributed by atoms with Crippen LogP contribution in [0.25, 0.3) is 0 Å². The lowest BCUT2D eigenvalue weighted by Crippen LogP contribution is -2.15. The highest BCUT2D eigenvalue weighted by Gasteiger charge is 2.18. The van der Waals surface area contributed by atoms with Crippen LogP contribution >= 0.6 is 0 Å². The third kappa shape index (κ3) is 3.06. The van der Waals surface area contributed by atoms with Crippen LogP contribution in [0.15, 0.2) is 6.07 Å². The second kappa shape index (κ2) is 5.31. The minimum absolute atomic E-state index is 0.259. The first-order valence-corrected chi connectivity index (χ1v) is 6.21. The highest BCUT2D eigenvalue weighted by molar-refractivity contribution is 5.37. The molecule has 0 aliphatic heterocycles. The fraction of sp³-hybridized carbons (Fsp3) is 0.667. The van der Waals surface area contributed by atoms with E-state index in [-0.39, 0.29) is 5.92 Å². The van der Waals surface area contributed by atoms with Crippen LogP contribution in [0.3, 0.4) is 0 Å². The molecule has 0 bridgehead atoms. The van der Waals surface area contributed by atoms with E-state index in [2.05, 4.69) is 29.2 Å². The fourth-order valence-corrected chi connectivity index (χ4v) is 2.01. The van der Waals surface area contributed by atoms with E-state index >= 15 is 0 Å². The summed E-state index contributed by atoms with van der Waals surface area (Å²) in [6.45, 7) is 4.10. The van der Waals surface area contributed by atoms with Crippen LogP contribution in [0.2, 0.25) is 0 Å². The Bertz CT molecular complexity index is 375. The van der Waals surface area contributed by atoms with Crippen molar-refractivity contribution in [2.24, 2.45) is 5.84 Å². The van der Waals surface area contributed by atoms with Crippen LogP contribution in [-0.2, 0) is 0 Å². The van der Waals surface area contributed by atoms with Gasteiger partial charge in [-0.2, -0.15) is 4.98 Å². The van der Waals surface area contributed by atoms with Gasteiger partial charge >= 0.3 is 0 Å². The van der Waals surface area contributed by atoms with Gasteiger partial charge in [0.15, 0.2) is 0 Å². The van der Waals surface area contributed by atoms with Gasteiger partial charge in [0.2, 0.25) is 5.88 Å². The van der Waals surface area contributed by atoms with E-state index < -0.39 is 0 Å².